The Hall–Kier alpha value is -0.540. The normalized spacial score (nSPS) is 29.4. The minimum absolute atomic E-state index is 0.316. The molecule has 2 aliphatic heterocycles. The average Bonchev–Trinajstić information content (AvgIpc) is 2.63. The molecule has 0 aromatic carbocycles. The lowest BCUT2D eigenvalue weighted by molar-refractivity contribution is 0.0502. The number of hydrogen-bond donors (Lipinski definition) is 1. The fourth-order valence-electron chi connectivity index (χ4n) is 2.77. The third kappa shape index (κ3) is 2.41. The van der Waals surface area contributed by atoms with Gasteiger partial charge in [0, 0.05) is 44.0 Å². The van der Waals surface area contributed by atoms with Crippen LogP contribution in [-0.4, -0.2) is 54.1 Å². The van der Waals surface area contributed by atoms with Crippen LogP contribution < -0.4 is 5.32 Å². The van der Waals surface area contributed by atoms with Gasteiger partial charge in [-0.25, -0.2) is 0 Å². The van der Waals surface area contributed by atoms with Crippen LogP contribution in [-0.2, 0) is 0 Å². The van der Waals surface area contributed by atoms with Crippen LogP contribution in [0.5, 0.6) is 0 Å². The fourth-order valence-corrected chi connectivity index (χ4v) is 2.77. The summed E-state index contributed by atoms with van der Waals surface area (Å²) in [5.41, 5.74) is 1.54. The summed E-state index contributed by atoms with van der Waals surface area (Å²) in [5.74, 6) is 0. The van der Waals surface area contributed by atoms with Crippen LogP contribution in [0.2, 0.25) is 0 Å². The topological polar surface area (TPSA) is 18.5 Å². The predicted molar refractivity (Wildman–Crippen MR) is 68.4 cm³/mol. The lowest BCUT2D eigenvalue weighted by Gasteiger charge is -2.44. The molecule has 2 heterocycles. The number of rotatable bonds is 1. The second-order valence-corrected chi connectivity index (χ2v) is 5.95. The molecule has 16 heavy (non-hydrogen) atoms. The molecule has 0 amide bonds. The van der Waals surface area contributed by atoms with Crippen molar-refractivity contribution in [1.29, 1.82) is 0 Å². The van der Waals surface area contributed by atoms with Crippen molar-refractivity contribution in [3.05, 3.63) is 12.3 Å². The van der Waals surface area contributed by atoms with Crippen molar-refractivity contribution in [2.75, 3.05) is 32.7 Å². The van der Waals surface area contributed by atoms with Crippen molar-refractivity contribution in [1.82, 2.24) is 15.1 Å². The van der Waals surface area contributed by atoms with E-state index in [1.165, 1.54) is 38.3 Å². The summed E-state index contributed by atoms with van der Waals surface area (Å²) >= 11 is 0. The summed E-state index contributed by atoms with van der Waals surface area (Å²) in [6.45, 7) is 16.9. The Balaban J connectivity index is 1.88. The Bertz CT molecular complexity index is 259. The van der Waals surface area contributed by atoms with Gasteiger partial charge in [0.15, 0.2) is 0 Å². The molecular weight excluding hydrogens is 198 g/mol. The zero-order valence-corrected chi connectivity index (χ0v) is 10.9. The number of piperazine rings is 1. The fraction of sp³-hybridized carbons (Fsp3) is 0.846. The predicted octanol–water partition coefficient (Wildman–Crippen LogP) is 1.28. The molecule has 1 unspecified atom stereocenters. The lowest BCUT2D eigenvalue weighted by Crippen LogP contribution is -2.55. The van der Waals surface area contributed by atoms with E-state index in [4.69, 9.17) is 0 Å². The maximum absolute atomic E-state index is 4.11. The zero-order chi connectivity index (χ0) is 11.8. The molecule has 3 heteroatoms. The molecule has 1 N–H and O–H groups in total. The van der Waals surface area contributed by atoms with Crippen molar-refractivity contribution >= 4 is 0 Å². The van der Waals surface area contributed by atoms with E-state index in [9.17, 15) is 0 Å². The number of nitrogens with one attached hydrogen (secondary N) is 1. The van der Waals surface area contributed by atoms with Gasteiger partial charge in [0.05, 0.1) is 6.04 Å². The van der Waals surface area contributed by atoms with Gasteiger partial charge < -0.3 is 5.32 Å². The van der Waals surface area contributed by atoms with Gasteiger partial charge in [0.25, 0.3) is 0 Å². The van der Waals surface area contributed by atoms with Crippen LogP contribution in [0.15, 0.2) is 12.3 Å². The van der Waals surface area contributed by atoms with Crippen LogP contribution >= 0.6 is 0 Å². The molecule has 2 rings (SSSR count). The van der Waals surface area contributed by atoms with Gasteiger partial charge in [-0.3, -0.25) is 9.80 Å². The molecule has 1 atom stereocenters. The molecule has 0 bridgehead atoms. The molecule has 92 valence electrons. The zero-order valence-electron chi connectivity index (χ0n) is 10.9. The van der Waals surface area contributed by atoms with E-state index >= 15 is 0 Å². The second kappa shape index (κ2) is 4.38. The summed E-state index contributed by atoms with van der Waals surface area (Å²) in [6.07, 6.45) is 1.23. The van der Waals surface area contributed by atoms with Gasteiger partial charge >= 0.3 is 0 Å². The third-order valence-corrected chi connectivity index (χ3v) is 3.88. The molecule has 0 saturated carbocycles. The highest BCUT2D eigenvalue weighted by Gasteiger charge is 2.31. The van der Waals surface area contributed by atoms with Crippen molar-refractivity contribution in [2.24, 2.45) is 0 Å². The van der Waals surface area contributed by atoms with Crippen LogP contribution in [0.3, 0.4) is 0 Å². The first-order valence-corrected chi connectivity index (χ1v) is 6.40. The van der Waals surface area contributed by atoms with Gasteiger partial charge in [-0.05, 0) is 27.2 Å². The molecule has 0 aliphatic carbocycles. The molecule has 3 nitrogen and oxygen atoms in total. The van der Waals surface area contributed by atoms with Crippen molar-refractivity contribution < 1.29 is 0 Å². The Kier molecular flexibility index (Phi) is 3.27. The van der Waals surface area contributed by atoms with Gasteiger partial charge in [0.2, 0.25) is 0 Å². The first-order valence-electron chi connectivity index (χ1n) is 6.40. The van der Waals surface area contributed by atoms with Crippen LogP contribution in [0, 0.1) is 0 Å². The number of hydrogen-bond acceptors (Lipinski definition) is 3. The summed E-state index contributed by atoms with van der Waals surface area (Å²) in [6, 6.07) is 0.585. The van der Waals surface area contributed by atoms with E-state index in [1.54, 1.807) is 0 Å². The maximum Gasteiger partial charge on any atom is 0.0506 e. The minimum Gasteiger partial charge on any atom is -0.387 e. The summed E-state index contributed by atoms with van der Waals surface area (Å²) in [4.78, 5) is 5.17. The van der Waals surface area contributed by atoms with Crippen LogP contribution in [0.1, 0.15) is 27.2 Å². The van der Waals surface area contributed by atoms with E-state index in [1.807, 2.05) is 0 Å². The van der Waals surface area contributed by atoms with Crippen molar-refractivity contribution in [3.63, 3.8) is 0 Å². The first-order chi connectivity index (χ1) is 7.48. The van der Waals surface area contributed by atoms with Crippen LogP contribution in [0.4, 0.5) is 0 Å². The second-order valence-electron chi connectivity index (χ2n) is 5.95. The minimum atomic E-state index is 0.316. The van der Waals surface area contributed by atoms with E-state index in [0.717, 1.165) is 6.54 Å². The average molecular weight is 223 g/mol. The van der Waals surface area contributed by atoms with E-state index in [-0.39, 0.29) is 0 Å². The van der Waals surface area contributed by atoms with Gasteiger partial charge in [-0.15, -0.1) is 0 Å². The van der Waals surface area contributed by atoms with Gasteiger partial charge in [-0.1, -0.05) is 6.58 Å². The third-order valence-electron chi connectivity index (χ3n) is 3.88. The highest BCUT2D eigenvalue weighted by Crippen LogP contribution is 2.21. The molecule has 0 aromatic rings. The Morgan fingerprint density at radius 2 is 1.81 bits per heavy atom. The quantitative estimate of drug-likeness (QED) is 0.722. The monoisotopic (exact) mass is 223 g/mol. The van der Waals surface area contributed by atoms with Gasteiger partial charge in [0.1, 0.15) is 0 Å². The molecule has 2 aliphatic rings. The highest BCUT2D eigenvalue weighted by atomic mass is 15.3. The Morgan fingerprint density at radius 3 is 2.25 bits per heavy atom. The standard InChI is InChI=1S/C13H25N3/c1-11-12(5-6-14-11)15-7-9-16(10-8-15)13(2,3)4/h12,14H,1,5-10H2,2-4H3. The number of nitrogens with zero attached hydrogens (tertiary/aromatic N) is 2. The SMILES string of the molecule is C=C1NCCC1N1CCN(C(C)(C)C)CC1. The molecule has 0 aromatic heterocycles. The molecular formula is C13H25N3. The van der Waals surface area contributed by atoms with Crippen LogP contribution in [0.25, 0.3) is 0 Å². The molecule has 2 fully saturated rings. The first kappa shape index (κ1) is 11.9. The Morgan fingerprint density at radius 1 is 1.19 bits per heavy atom. The van der Waals surface area contributed by atoms with Gasteiger partial charge in [-0.2, -0.15) is 0 Å². The smallest absolute Gasteiger partial charge is 0.0506 e. The maximum atomic E-state index is 4.11. The van der Waals surface area contributed by atoms with E-state index in [0.29, 0.717) is 11.6 Å². The van der Waals surface area contributed by atoms with Crippen molar-refractivity contribution in [3.8, 4) is 0 Å². The highest BCUT2D eigenvalue weighted by molar-refractivity contribution is 5.10. The molecule has 0 spiro atoms. The van der Waals surface area contributed by atoms with E-state index < -0.39 is 0 Å². The Labute approximate surface area is 99.5 Å². The summed E-state index contributed by atoms with van der Waals surface area (Å²) in [5, 5.41) is 3.36. The lowest BCUT2D eigenvalue weighted by atomic mass is 10.0. The van der Waals surface area contributed by atoms with Crippen molar-refractivity contribution in [2.45, 2.75) is 38.8 Å². The molecule has 2 saturated heterocycles. The summed E-state index contributed by atoms with van der Waals surface area (Å²) < 4.78 is 0. The molecule has 0 radical (unpaired) electrons. The van der Waals surface area contributed by atoms with E-state index in [2.05, 4.69) is 42.5 Å². The summed E-state index contributed by atoms with van der Waals surface area (Å²) in [7, 11) is 0. The largest absolute Gasteiger partial charge is 0.387 e.